The van der Waals surface area contributed by atoms with Crippen LogP contribution in [0.5, 0.6) is 5.75 Å². The third-order valence-corrected chi connectivity index (χ3v) is 3.40. The largest absolute Gasteiger partial charge is 0.488 e. The second kappa shape index (κ2) is 7.56. The number of amides is 1. The molecule has 0 saturated heterocycles. The van der Waals surface area contributed by atoms with Crippen LogP contribution in [0.2, 0.25) is 0 Å². The van der Waals surface area contributed by atoms with Crippen LogP contribution in [0.25, 0.3) is 0 Å². The second-order valence-corrected chi connectivity index (χ2v) is 5.03. The molecular weight excluding hydrogens is 294 g/mol. The van der Waals surface area contributed by atoms with Crippen LogP contribution in [-0.4, -0.2) is 30.9 Å². The maximum atomic E-state index is 12.1. The van der Waals surface area contributed by atoms with Gasteiger partial charge in [0.15, 0.2) is 5.78 Å². The molecule has 0 radical (unpaired) electrons. The van der Waals surface area contributed by atoms with E-state index in [4.69, 9.17) is 9.57 Å². The number of hydrogen-bond acceptors (Lipinski definition) is 4. The first-order valence-corrected chi connectivity index (χ1v) is 7.16. The molecule has 0 heterocycles. The molecule has 5 nitrogen and oxygen atoms in total. The van der Waals surface area contributed by atoms with Gasteiger partial charge in [0.1, 0.15) is 12.4 Å². The van der Waals surface area contributed by atoms with Gasteiger partial charge in [0.05, 0.1) is 12.7 Å². The van der Waals surface area contributed by atoms with Crippen molar-refractivity contribution in [2.75, 3.05) is 14.2 Å². The molecule has 0 N–H and O–H groups in total. The predicted octanol–water partition coefficient (Wildman–Crippen LogP) is 3.10. The quantitative estimate of drug-likeness (QED) is 0.607. The number of carbonyl (C=O) groups is 2. The van der Waals surface area contributed by atoms with Crippen molar-refractivity contribution in [1.82, 2.24) is 5.06 Å². The summed E-state index contributed by atoms with van der Waals surface area (Å²) < 4.78 is 5.73. The van der Waals surface area contributed by atoms with Gasteiger partial charge in [-0.1, -0.05) is 30.3 Å². The summed E-state index contributed by atoms with van der Waals surface area (Å²) in [6.07, 6.45) is 0. The zero-order valence-corrected chi connectivity index (χ0v) is 13.4. The predicted molar refractivity (Wildman–Crippen MR) is 86.3 cm³/mol. The lowest BCUT2D eigenvalue weighted by Gasteiger charge is -2.15. The molecule has 0 saturated carbocycles. The summed E-state index contributed by atoms with van der Waals surface area (Å²) in [6.45, 7) is 1.80. The van der Waals surface area contributed by atoms with Crippen LogP contribution in [0.4, 0.5) is 0 Å². The topological polar surface area (TPSA) is 55.8 Å². The van der Waals surface area contributed by atoms with Gasteiger partial charge in [-0.05, 0) is 30.7 Å². The van der Waals surface area contributed by atoms with E-state index in [1.54, 1.807) is 12.1 Å². The molecule has 5 heteroatoms. The molecule has 0 fully saturated rings. The van der Waals surface area contributed by atoms with Gasteiger partial charge in [-0.25, -0.2) is 5.06 Å². The molecule has 0 unspecified atom stereocenters. The molecule has 0 aliphatic rings. The number of carbonyl (C=O) groups excluding carboxylic acids is 2. The Morgan fingerprint density at radius 2 is 1.78 bits per heavy atom. The zero-order valence-electron chi connectivity index (χ0n) is 13.4. The van der Waals surface area contributed by atoms with Gasteiger partial charge >= 0.3 is 0 Å². The van der Waals surface area contributed by atoms with Crippen LogP contribution in [0.15, 0.2) is 48.5 Å². The third-order valence-electron chi connectivity index (χ3n) is 3.40. The lowest BCUT2D eigenvalue weighted by molar-refractivity contribution is -0.0757. The fourth-order valence-corrected chi connectivity index (χ4v) is 2.06. The van der Waals surface area contributed by atoms with Gasteiger partial charge in [-0.2, -0.15) is 0 Å². The minimum Gasteiger partial charge on any atom is -0.488 e. The van der Waals surface area contributed by atoms with E-state index in [-0.39, 0.29) is 11.7 Å². The average molecular weight is 313 g/mol. The molecule has 0 bridgehead atoms. The number of ether oxygens (including phenoxy) is 1. The van der Waals surface area contributed by atoms with E-state index in [1.807, 2.05) is 30.3 Å². The van der Waals surface area contributed by atoms with Crippen LogP contribution in [0.1, 0.15) is 33.2 Å². The third kappa shape index (κ3) is 4.17. The van der Waals surface area contributed by atoms with E-state index >= 15 is 0 Å². The second-order valence-electron chi connectivity index (χ2n) is 5.03. The first-order chi connectivity index (χ1) is 11.0. The Kier molecular flexibility index (Phi) is 5.49. The standard InChI is InChI=1S/C18H19NO4/c1-13(20)16-11-15(18(21)19(2)22-3)9-10-17(16)23-12-14-7-5-4-6-8-14/h4-11H,12H2,1-3H3. The lowest BCUT2D eigenvalue weighted by Crippen LogP contribution is -2.25. The molecule has 2 rings (SSSR count). The fraction of sp³-hybridized carbons (Fsp3) is 0.222. The lowest BCUT2D eigenvalue weighted by atomic mass is 10.1. The Morgan fingerprint density at radius 3 is 2.39 bits per heavy atom. The van der Waals surface area contributed by atoms with E-state index < -0.39 is 0 Å². The van der Waals surface area contributed by atoms with Crippen molar-refractivity contribution in [2.24, 2.45) is 0 Å². The summed E-state index contributed by atoms with van der Waals surface area (Å²) in [7, 11) is 2.91. The van der Waals surface area contributed by atoms with Crippen LogP contribution in [0, 0.1) is 0 Å². The molecule has 23 heavy (non-hydrogen) atoms. The molecule has 120 valence electrons. The molecule has 0 spiro atoms. The molecule has 0 aliphatic carbocycles. The molecule has 0 aliphatic heterocycles. The highest BCUT2D eigenvalue weighted by Gasteiger charge is 2.16. The van der Waals surface area contributed by atoms with Gasteiger partial charge in [-0.15, -0.1) is 0 Å². The Morgan fingerprint density at radius 1 is 1.09 bits per heavy atom. The summed E-state index contributed by atoms with van der Waals surface area (Å²) in [5, 5.41) is 1.10. The van der Waals surface area contributed by atoms with Crippen molar-refractivity contribution >= 4 is 11.7 Å². The van der Waals surface area contributed by atoms with E-state index in [9.17, 15) is 9.59 Å². The van der Waals surface area contributed by atoms with Crippen molar-refractivity contribution in [3.8, 4) is 5.75 Å². The summed E-state index contributed by atoms with van der Waals surface area (Å²) in [4.78, 5) is 28.8. The first-order valence-electron chi connectivity index (χ1n) is 7.16. The van der Waals surface area contributed by atoms with Crippen LogP contribution < -0.4 is 4.74 Å². The van der Waals surface area contributed by atoms with Crippen molar-refractivity contribution in [2.45, 2.75) is 13.5 Å². The highest BCUT2D eigenvalue weighted by molar-refractivity contribution is 6.01. The van der Waals surface area contributed by atoms with E-state index in [2.05, 4.69) is 0 Å². The Hall–Kier alpha value is -2.66. The molecule has 0 atom stereocenters. The van der Waals surface area contributed by atoms with Crippen LogP contribution in [0.3, 0.4) is 0 Å². The number of nitrogens with zero attached hydrogens (tertiary/aromatic N) is 1. The highest BCUT2D eigenvalue weighted by Crippen LogP contribution is 2.23. The molecule has 2 aromatic rings. The fourth-order valence-electron chi connectivity index (χ4n) is 2.06. The van der Waals surface area contributed by atoms with E-state index in [0.29, 0.717) is 23.5 Å². The first kappa shape index (κ1) is 16.7. The summed E-state index contributed by atoms with van der Waals surface area (Å²) >= 11 is 0. The Balaban J connectivity index is 2.23. The van der Waals surface area contributed by atoms with Gasteiger partial charge < -0.3 is 4.74 Å². The van der Waals surface area contributed by atoms with Crippen molar-refractivity contribution in [1.29, 1.82) is 0 Å². The van der Waals surface area contributed by atoms with Crippen LogP contribution in [-0.2, 0) is 11.4 Å². The zero-order chi connectivity index (χ0) is 16.8. The van der Waals surface area contributed by atoms with Gasteiger partial charge in [0.25, 0.3) is 5.91 Å². The molecule has 1 amide bonds. The van der Waals surface area contributed by atoms with Gasteiger partial charge in [0, 0.05) is 12.6 Å². The number of ketones is 1. The van der Waals surface area contributed by atoms with Crippen LogP contribution >= 0.6 is 0 Å². The number of hydroxylamine groups is 2. The maximum Gasteiger partial charge on any atom is 0.277 e. The number of benzene rings is 2. The van der Waals surface area contributed by atoms with Gasteiger partial charge in [-0.3, -0.25) is 14.4 Å². The summed E-state index contributed by atoms with van der Waals surface area (Å²) in [5.74, 6) is -0.0367. The summed E-state index contributed by atoms with van der Waals surface area (Å²) in [5.41, 5.74) is 1.74. The van der Waals surface area contributed by atoms with E-state index in [0.717, 1.165) is 10.6 Å². The molecule has 0 aromatic heterocycles. The van der Waals surface area contributed by atoms with Crippen molar-refractivity contribution in [3.05, 3.63) is 65.2 Å². The monoisotopic (exact) mass is 313 g/mol. The number of rotatable bonds is 6. The SMILES string of the molecule is CON(C)C(=O)c1ccc(OCc2ccccc2)c(C(C)=O)c1. The van der Waals surface area contributed by atoms with Crippen molar-refractivity contribution in [3.63, 3.8) is 0 Å². The maximum absolute atomic E-state index is 12.1. The van der Waals surface area contributed by atoms with Crippen molar-refractivity contribution < 1.29 is 19.2 Å². The molecule has 2 aromatic carbocycles. The van der Waals surface area contributed by atoms with E-state index in [1.165, 1.54) is 27.1 Å². The average Bonchev–Trinajstić information content (AvgIpc) is 2.59. The Labute approximate surface area is 135 Å². The molecular formula is C18H19NO4. The normalized spacial score (nSPS) is 10.2. The summed E-state index contributed by atoms with van der Waals surface area (Å²) in [6, 6.07) is 14.4. The smallest absolute Gasteiger partial charge is 0.277 e. The Bertz CT molecular complexity index is 697. The minimum atomic E-state index is -0.329. The van der Waals surface area contributed by atoms with Gasteiger partial charge in [0.2, 0.25) is 0 Å². The number of Topliss-reactive ketones (excluding diaryl/α,β-unsaturated/α-hetero) is 1. The number of hydrogen-bond donors (Lipinski definition) is 0. The minimum absolute atomic E-state index is 0.164. The highest BCUT2D eigenvalue weighted by atomic mass is 16.7.